The van der Waals surface area contributed by atoms with Gasteiger partial charge in [-0.2, -0.15) is 0 Å². The first kappa shape index (κ1) is 12.7. The highest BCUT2D eigenvalue weighted by Crippen LogP contribution is 2.15. The number of hydrogen-bond acceptors (Lipinski definition) is 5. The quantitative estimate of drug-likeness (QED) is 0.857. The third kappa shape index (κ3) is 2.74. The van der Waals surface area contributed by atoms with E-state index >= 15 is 0 Å². The van der Waals surface area contributed by atoms with Gasteiger partial charge in [0.15, 0.2) is 0 Å². The van der Waals surface area contributed by atoms with E-state index in [0.717, 1.165) is 10.8 Å². The van der Waals surface area contributed by atoms with E-state index in [0.29, 0.717) is 12.2 Å². The Balaban J connectivity index is 1.97. The summed E-state index contributed by atoms with van der Waals surface area (Å²) >= 11 is 1.39. The summed E-state index contributed by atoms with van der Waals surface area (Å²) in [4.78, 5) is 20.2. The minimum atomic E-state index is -0.207. The zero-order valence-electron chi connectivity index (χ0n) is 10.3. The highest BCUT2D eigenvalue weighted by atomic mass is 32.1. The van der Waals surface area contributed by atoms with Crippen molar-refractivity contribution in [3.8, 4) is 0 Å². The van der Waals surface area contributed by atoms with Crippen LogP contribution in [-0.2, 0) is 13.6 Å². The number of thiazole rings is 1. The van der Waals surface area contributed by atoms with Crippen LogP contribution in [-0.4, -0.2) is 20.4 Å². The second-order valence-electron chi connectivity index (χ2n) is 4.00. The number of carbonyl (C=O) groups is 1. The molecule has 2 aromatic heterocycles. The van der Waals surface area contributed by atoms with Crippen molar-refractivity contribution in [1.82, 2.24) is 19.9 Å². The molecular weight excluding hydrogens is 250 g/mol. The Labute approximate surface area is 109 Å². The fraction of sp³-hybridized carbons (Fsp3) is 0.364. The molecule has 0 fully saturated rings. The molecule has 0 aliphatic heterocycles. The predicted octanol–water partition coefficient (Wildman–Crippen LogP) is 0.826. The summed E-state index contributed by atoms with van der Waals surface area (Å²) in [5.41, 5.74) is 6.11. The molecule has 0 aliphatic carbocycles. The van der Waals surface area contributed by atoms with Crippen molar-refractivity contribution >= 4 is 17.2 Å². The molecule has 18 heavy (non-hydrogen) atoms. The summed E-state index contributed by atoms with van der Waals surface area (Å²) in [6, 6.07) is -0.147. The van der Waals surface area contributed by atoms with Crippen LogP contribution in [0.5, 0.6) is 0 Å². The van der Waals surface area contributed by atoms with Gasteiger partial charge in [-0.3, -0.25) is 4.79 Å². The van der Waals surface area contributed by atoms with Gasteiger partial charge >= 0.3 is 0 Å². The van der Waals surface area contributed by atoms with Gasteiger partial charge in [-0.15, -0.1) is 11.3 Å². The fourth-order valence-corrected chi connectivity index (χ4v) is 2.18. The van der Waals surface area contributed by atoms with Crippen molar-refractivity contribution in [2.75, 3.05) is 0 Å². The molecule has 2 heterocycles. The molecule has 0 aliphatic rings. The number of nitrogens with zero attached hydrogens (tertiary/aromatic N) is 3. The van der Waals surface area contributed by atoms with Crippen molar-refractivity contribution < 1.29 is 4.79 Å². The number of amides is 1. The lowest BCUT2D eigenvalue weighted by Gasteiger charge is -2.03. The first-order valence-corrected chi connectivity index (χ1v) is 6.41. The zero-order valence-corrected chi connectivity index (χ0v) is 11.1. The molecule has 1 atom stereocenters. The summed E-state index contributed by atoms with van der Waals surface area (Å²) in [7, 11) is 1.88. The predicted molar refractivity (Wildman–Crippen MR) is 69.1 cm³/mol. The molecule has 96 valence electrons. The molecule has 7 heteroatoms. The van der Waals surface area contributed by atoms with Gasteiger partial charge in [0.25, 0.3) is 5.91 Å². The number of nitrogens with one attached hydrogen (secondary N) is 1. The van der Waals surface area contributed by atoms with Gasteiger partial charge in [0.2, 0.25) is 0 Å². The lowest BCUT2D eigenvalue weighted by Crippen LogP contribution is -2.24. The van der Waals surface area contributed by atoms with E-state index in [4.69, 9.17) is 5.73 Å². The highest BCUT2D eigenvalue weighted by molar-refractivity contribution is 7.09. The third-order valence-corrected chi connectivity index (χ3v) is 3.52. The average molecular weight is 265 g/mol. The van der Waals surface area contributed by atoms with Crippen LogP contribution in [0.2, 0.25) is 0 Å². The summed E-state index contributed by atoms with van der Waals surface area (Å²) in [5.74, 6) is 0.590. The fourth-order valence-electron chi connectivity index (χ4n) is 1.42. The van der Waals surface area contributed by atoms with Crippen molar-refractivity contribution in [2.24, 2.45) is 12.8 Å². The number of aromatic nitrogens is 3. The lowest BCUT2D eigenvalue weighted by molar-refractivity contribution is 0.0945. The van der Waals surface area contributed by atoms with Crippen molar-refractivity contribution in [2.45, 2.75) is 19.5 Å². The largest absolute Gasteiger partial charge is 0.343 e. The monoisotopic (exact) mass is 265 g/mol. The van der Waals surface area contributed by atoms with E-state index in [2.05, 4.69) is 15.3 Å². The van der Waals surface area contributed by atoms with Gasteiger partial charge < -0.3 is 15.6 Å². The molecule has 6 nitrogen and oxygen atoms in total. The maximum absolute atomic E-state index is 11.8. The standard InChI is InChI=1S/C11H15N5OS/c1-7(12)11-15-8(6-18-11)10(17)14-5-9-13-3-4-16(9)2/h3-4,6-7H,5,12H2,1-2H3,(H,14,17). The number of imidazole rings is 1. The molecular formula is C11H15N5OS. The Hall–Kier alpha value is -1.73. The SMILES string of the molecule is CC(N)c1nc(C(=O)NCc2nccn2C)cs1. The topological polar surface area (TPSA) is 85.8 Å². The first-order valence-electron chi connectivity index (χ1n) is 5.53. The molecule has 1 amide bonds. The van der Waals surface area contributed by atoms with Crippen LogP contribution in [0.3, 0.4) is 0 Å². The molecule has 2 rings (SSSR count). The lowest BCUT2D eigenvalue weighted by atomic mass is 10.4. The molecule has 0 saturated heterocycles. The van der Waals surface area contributed by atoms with Crippen molar-refractivity contribution in [1.29, 1.82) is 0 Å². The number of aryl methyl sites for hydroxylation is 1. The minimum Gasteiger partial charge on any atom is -0.343 e. The van der Waals surface area contributed by atoms with Gasteiger partial charge in [0.1, 0.15) is 16.5 Å². The van der Waals surface area contributed by atoms with E-state index in [9.17, 15) is 4.79 Å². The molecule has 3 N–H and O–H groups in total. The summed E-state index contributed by atoms with van der Waals surface area (Å²) in [5, 5.41) is 5.25. The highest BCUT2D eigenvalue weighted by Gasteiger charge is 2.12. The smallest absolute Gasteiger partial charge is 0.271 e. The molecule has 1 unspecified atom stereocenters. The first-order chi connectivity index (χ1) is 8.58. The van der Waals surface area contributed by atoms with E-state index in [1.807, 2.05) is 24.7 Å². The van der Waals surface area contributed by atoms with E-state index in [1.165, 1.54) is 11.3 Å². The number of rotatable bonds is 4. The molecule has 2 aromatic rings. The third-order valence-electron chi connectivity index (χ3n) is 2.47. The second-order valence-corrected chi connectivity index (χ2v) is 4.89. The Bertz CT molecular complexity index is 545. The molecule has 0 bridgehead atoms. The normalized spacial score (nSPS) is 12.4. The van der Waals surface area contributed by atoms with Crippen LogP contribution >= 0.6 is 11.3 Å². The molecule has 0 saturated carbocycles. The van der Waals surface area contributed by atoms with Crippen LogP contribution < -0.4 is 11.1 Å². The second kappa shape index (κ2) is 5.28. The summed E-state index contributed by atoms with van der Waals surface area (Å²) in [6.45, 7) is 2.22. The van der Waals surface area contributed by atoms with Crippen LogP contribution in [0.25, 0.3) is 0 Å². The maximum Gasteiger partial charge on any atom is 0.271 e. The maximum atomic E-state index is 11.8. The van der Waals surface area contributed by atoms with Gasteiger partial charge in [0.05, 0.1) is 12.6 Å². The van der Waals surface area contributed by atoms with Gasteiger partial charge in [-0.1, -0.05) is 0 Å². The number of hydrogen-bond donors (Lipinski definition) is 2. The van der Waals surface area contributed by atoms with E-state index in [1.54, 1.807) is 11.6 Å². The molecule has 0 aromatic carbocycles. The van der Waals surface area contributed by atoms with Gasteiger partial charge in [-0.05, 0) is 6.92 Å². The Morgan fingerprint density at radius 2 is 2.44 bits per heavy atom. The van der Waals surface area contributed by atoms with Crippen molar-refractivity contribution in [3.63, 3.8) is 0 Å². The average Bonchev–Trinajstić information content (AvgIpc) is 2.94. The van der Waals surface area contributed by atoms with Gasteiger partial charge in [0, 0.05) is 24.8 Å². The molecule has 0 spiro atoms. The van der Waals surface area contributed by atoms with E-state index < -0.39 is 0 Å². The minimum absolute atomic E-state index is 0.147. The van der Waals surface area contributed by atoms with Crippen LogP contribution in [0.1, 0.15) is 34.3 Å². The number of carbonyl (C=O) groups excluding carboxylic acids is 1. The Morgan fingerprint density at radius 3 is 3.00 bits per heavy atom. The molecule has 0 radical (unpaired) electrons. The van der Waals surface area contributed by atoms with Gasteiger partial charge in [-0.25, -0.2) is 9.97 Å². The van der Waals surface area contributed by atoms with Crippen LogP contribution in [0.15, 0.2) is 17.8 Å². The van der Waals surface area contributed by atoms with E-state index in [-0.39, 0.29) is 11.9 Å². The van der Waals surface area contributed by atoms with Crippen LogP contribution in [0, 0.1) is 0 Å². The summed E-state index contributed by atoms with van der Waals surface area (Å²) < 4.78 is 1.86. The Morgan fingerprint density at radius 1 is 1.67 bits per heavy atom. The van der Waals surface area contributed by atoms with Crippen LogP contribution in [0.4, 0.5) is 0 Å². The Kier molecular flexibility index (Phi) is 3.73. The number of nitrogens with two attached hydrogens (primary N) is 1. The zero-order chi connectivity index (χ0) is 13.1. The van der Waals surface area contributed by atoms with Crippen molar-refractivity contribution in [3.05, 3.63) is 34.3 Å². The summed E-state index contributed by atoms with van der Waals surface area (Å²) in [6.07, 6.45) is 3.52.